The molecule has 0 aliphatic heterocycles. The smallest absolute Gasteiger partial charge is 0.319 e. The van der Waals surface area contributed by atoms with Crippen LogP contribution < -0.4 is 15.4 Å². The minimum Gasteiger partial charge on any atom is -0.337 e. The summed E-state index contributed by atoms with van der Waals surface area (Å²) in [7, 11) is -3.55. The molecule has 0 unspecified atom stereocenters. The van der Waals surface area contributed by atoms with Gasteiger partial charge in [0.15, 0.2) is 0 Å². The normalized spacial score (nSPS) is 10.9. The van der Waals surface area contributed by atoms with Crippen LogP contribution in [0.15, 0.2) is 59.8 Å². The van der Waals surface area contributed by atoms with E-state index < -0.39 is 16.1 Å². The fraction of sp³-hybridized carbons (Fsp3) is 0.143. The number of carbonyl (C=O) groups is 1. The van der Waals surface area contributed by atoms with Gasteiger partial charge >= 0.3 is 6.03 Å². The van der Waals surface area contributed by atoms with Crippen molar-refractivity contribution in [3.05, 3.63) is 54.9 Å². The highest BCUT2D eigenvalue weighted by molar-refractivity contribution is 7.89. The lowest BCUT2D eigenvalue weighted by atomic mass is 10.4. The third kappa shape index (κ3) is 4.83. The van der Waals surface area contributed by atoms with Crippen LogP contribution in [0.2, 0.25) is 0 Å². The highest BCUT2D eigenvalue weighted by Crippen LogP contribution is 2.06. The number of hydrogen-bond acceptors (Lipinski definition) is 4. The summed E-state index contributed by atoms with van der Waals surface area (Å²) < 4.78 is 26.3. The van der Waals surface area contributed by atoms with Crippen molar-refractivity contribution in [2.75, 3.05) is 18.4 Å². The van der Waals surface area contributed by atoms with E-state index in [0.29, 0.717) is 5.69 Å². The highest BCUT2D eigenvalue weighted by Gasteiger charge is 2.12. The molecule has 1 heterocycles. The molecular weight excluding hydrogens is 304 g/mol. The Morgan fingerprint density at radius 3 is 2.50 bits per heavy atom. The molecule has 2 aromatic rings. The van der Waals surface area contributed by atoms with Crippen molar-refractivity contribution in [1.82, 2.24) is 15.0 Å². The Morgan fingerprint density at radius 2 is 1.82 bits per heavy atom. The van der Waals surface area contributed by atoms with Crippen LogP contribution >= 0.6 is 0 Å². The van der Waals surface area contributed by atoms with Gasteiger partial charge in [0, 0.05) is 19.3 Å². The molecule has 116 valence electrons. The molecule has 22 heavy (non-hydrogen) atoms. The average Bonchev–Trinajstić information content (AvgIpc) is 2.53. The van der Waals surface area contributed by atoms with Crippen molar-refractivity contribution in [1.29, 1.82) is 0 Å². The molecule has 0 aliphatic rings. The molecular formula is C14H16N4O3S. The van der Waals surface area contributed by atoms with E-state index in [1.807, 2.05) is 0 Å². The molecule has 2 amide bonds. The third-order valence-electron chi connectivity index (χ3n) is 2.68. The zero-order chi connectivity index (χ0) is 15.8. The zero-order valence-electron chi connectivity index (χ0n) is 11.7. The summed E-state index contributed by atoms with van der Waals surface area (Å²) in [6.45, 7) is 0.260. The van der Waals surface area contributed by atoms with Crippen LogP contribution in [0.1, 0.15) is 0 Å². The van der Waals surface area contributed by atoms with Gasteiger partial charge in [-0.05, 0) is 24.3 Å². The molecule has 0 atom stereocenters. The zero-order valence-corrected chi connectivity index (χ0v) is 12.5. The quantitative estimate of drug-likeness (QED) is 0.696. The van der Waals surface area contributed by atoms with E-state index >= 15 is 0 Å². The van der Waals surface area contributed by atoms with Gasteiger partial charge in [-0.25, -0.2) is 17.9 Å². The molecule has 0 saturated heterocycles. The van der Waals surface area contributed by atoms with E-state index in [1.54, 1.807) is 36.5 Å². The molecule has 8 heteroatoms. The topological polar surface area (TPSA) is 100 Å². The van der Waals surface area contributed by atoms with Crippen LogP contribution in [0.3, 0.4) is 0 Å². The van der Waals surface area contributed by atoms with Gasteiger partial charge in [-0.2, -0.15) is 0 Å². The van der Waals surface area contributed by atoms with Crippen LogP contribution in [0, 0.1) is 0 Å². The third-order valence-corrected chi connectivity index (χ3v) is 4.15. The van der Waals surface area contributed by atoms with Gasteiger partial charge in [-0.1, -0.05) is 18.2 Å². The number of amides is 2. The van der Waals surface area contributed by atoms with Crippen molar-refractivity contribution in [2.45, 2.75) is 4.90 Å². The first-order valence-corrected chi connectivity index (χ1v) is 8.06. The Morgan fingerprint density at radius 1 is 1.05 bits per heavy atom. The Hall–Kier alpha value is -2.45. The maximum absolute atomic E-state index is 11.9. The number of pyridine rings is 1. The molecule has 2 rings (SSSR count). The summed E-state index contributed by atoms with van der Waals surface area (Å²) >= 11 is 0. The van der Waals surface area contributed by atoms with Gasteiger partial charge in [0.25, 0.3) is 0 Å². The second-order valence-electron chi connectivity index (χ2n) is 4.33. The second-order valence-corrected chi connectivity index (χ2v) is 6.10. The first-order valence-electron chi connectivity index (χ1n) is 6.57. The van der Waals surface area contributed by atoms with E-state index in [1.165, 1.54) is 18.3 Å². The number of benzene rings is 1. The maximum Gasteiger partial charge on any atom is 0.319 e. The van der Waals surface area contributed by atoms with E-state index in [9.17, 15) is 13.2 Å². The highest BCUT2D eigenvalue weighted by atomic mass is 32.2. The lowest BCUT2D eigenvalue weighted by molar-refractivity contribution is 0.252. The van der Waals surface area contributed by atoms with Crippen molar-refractivity contribution in [3.63, 3.8) is 0 Å². The summed E-state index contributed by atoms with van der Waals surface area (Å²) in [6.07, 6.45) is 3.11. The number of rotatable bonds is 6. The molecule has 3 N–H and O–H groups in total. The summed E-state index contributed by atoms with van der Waals surface area (Å²) in [5.74, 6) is 0. The monoisotopic (exact) mass is 320 g/mol. The second kappa shape index (κ2) is 7.53. The standard InChI is InChI=1S/C14H16N4O3S/c19-14(18-12-5-4-8-15-11-12)16-9-10-17-22(20,21)13-6-2-1-3-7-13/h1-8,11,17H,9-10H2,(H2,16,18,19). The molecule has 1 aromatic heterocycles. The molecule has 0 aliphatic carbocycles. The number of aromatic nitrogens is 1. The molecule has 7 nitrogen and oxygen atoms in total. The van der Waals surface area contributed by atoms with Gasteiger partial charge in [0.2, 0.25) is 10.0 Å². The fourth-order valence-corrected chi connectivity index (χ4v) is 2.71. The van der Waals surface area contributed by atoms with Gasteiger partial charge in [-0.15, -0.1) is 0 Å². The summed E-state index contributed by atoms with van der Waals surface area (Å²) in [5.41, 5.74) is 0.560. The average molecular weight is 320 g/mol. The molecule has 0 radical (unpaired) electrons. The summed E-state index contributed by atoms with van der Waals surface area (Å²) in [5, 5.41) is 5.13. The largest absolute Gasteiger partial charge is 0.337 e. The first-order chi connectivity index (χ1) is 10.6. The van der Waals surface area contributed by atoms with E-state index in [0.717, 1.165) is 0 Å². The SMILES string of the molecule is O=C(NCCNS(=O)(=O)c1ccccc1)Nc1cccnc1. The van der Waals surface area contributed by atoms with Crippen molar-refractivity contribution >= 4 is 21.7 Å². The Kier molecular flexibility index (Phi) is 5.45. The number of hydrogen-bond donors (Lipinski definition) is 3. The lowest BCUT2D eigenvalue weighted by Gasteiger charge is -2.09. The van der Waals surface area contributed by atoms with Crippen molar-refractivity contribution in [2.24, 2.45) is 0 Å². The predicted molar refractivity (Wildman–Crippen MR) is 82.9 cm³/mol. The minimum atomic E-state index is -3.55. The van der Waals surface area contributed by atoms with Gasteiger partial charge in [0.05, 0.1) is 16.8 Å². The number of sulfonamides is 1. The number of urea groups is 1. The van der Waals surface area contributed by atoms with E-state index in [-0.39, 0.29) is 18.0 Å². The molecule has 0 bridgehead atoms. The van der Waals surface area contributed by atoms with Crippen molar-refractivity contribution < 1.29 is 13.2 Å². The first kappa shape index (κ1) is 15.9. The Balaban J connectivity index is 1.74. The van der Waals surface area contributed by atoms with E-state index in [2.05, 4.69) is 20.3 Å². The summed E-state index contributed by atoms with van der Waals surface area (Å²) in [4.78, 5) is 15.6. The molecule has 0 fully saturated rings. The Labute approximate surface area is 128 Å². The van der Waals surface area contributed by atoms with Crippen LogP contribution in [0.4, 0.5) is 10.5 Å². The summed E-state index contributed by atoms with van der Waals surface area (Å²) in [6, 6.07) is 11.0. The van der Waals surface area contributed by atoms with E-state index in [4.69, 9.17) is 0 Å². The van der Waals surface area contributed by atoms with Gasteiger partial charge < -0.3 is 10.6 Å². The number of carbonyl (C=O) groups excluding carboxylic acids is 1. The van der Waals surface area contributed by atoms with Crippen LogP contribution in [-0.2, 0) is 10.0 Å². The molecule has 1 aromatic carbocycles. The van der Waals surface area contributed by atoms with Gasteiger partial charge in [-0.3, -0.25) is 4.98 Å². The van der Waals surface area contributed by atoms with Crippen LogP contribution in [0.5, 0.6) is 0 Å². The molecule has 0 spiro atoms. The predicted octanol–water partition coefficient (Wildman–Crippen LogP) is 1.18. The number of nitrogens with zero attached hydrogens (tertiary/aromatic N) is 1. The van der Waals surface area contributed by atoms with Gasteiger partial charge in [0.1, 0.15) is 0 Å². The maximum atomic E-state index is 11.9. The number of anilines is 1. The number of nitrogens with one attached hydrogen (secondary N) is 3. The van der Waals surface area contributed by atoms with Crippen LogP contribution in [0.25, 0.3) is 0 Å². The van der Waals surface area contributed by atoms with Crippen LogP contribution in [-0.4, -0.2) is 32.5 Å². The lowest BCUT2D eigenvalue weighted by Crippen LogP contribution is -2.36. The Bertz CT molecular complexity index is 705. The fourth-order valence-electron chi connectivity index (χ4n) is 1.66. The molecule has 0 saturated carbocycles. The van der Waals surface area contributed by atoms with Crippen molar-refractivity contribution in [3.8, 4) is 0 Å². The minimum absolute atomic E-state index is 0.0949.